The molecule has 2 N–H and O–H groups in total. The third-order valence-corrected chi connectivity index (χ3v) is 6.66. The van der Waals surface area contributed by atoms with E-state index in [0.29, 0.717) is 19.0 Å². The largest absolute Gasteiger partial charge is 0.354 e. The first-order valence-corrected chi connectivity index (χ1v) is 11.0. The molecule has 1 saturated carbocycles. The van der Waals surface area contributed by atoms with Crippen LogP contribution in [0.15, 0.2) is 11.3 Å². The number of rotatable bonds is 6. The molecule has 26 heavy (non-hydrogen) atoms. The van der Waals surface area contributed by atoms with Gasteiger partial charge in [0.15, 0.2) is 15.8 Å². The van der Waals surface area contributed by atoms with Crippen LogP contribution >= 0.6 is 24.0 Å². The second-order valence-corrected chi connectivity index (χ2v) is 9.12. The lowest BCUT2D eigenvalue weighted by atomic mass is 10.2. The van der Waals surface area contributed by atoms with E-state index in [4.69, 9.17) is 0 Å². The van der Waals surface area contributed by atoms with Crippen LogP contribution in [0.4, 0.5) is 0 Å². The highest BCUT2D eigenvalue weighted by molar-refractivity contribution is 14.0. The van der Waals surface area contributed by atoms with Gasteiger partial charge in [0.2, 0.25) is 0 Å². The zero-order valence-corrected chi connectivity index (χ0v) is 18.4. The maximum atomic E-state index is 11.7. The van der Waals surface area contributed by atoms with Crippen LogP contribution in [0.2, 0.25) is 0 Å². The Morgan fingerprint density at radius 1 is 1.27 bits per heavy atom. The molecule has 1 atom stereocenters. The van der Waals surface area contributed by atoms with E-state index in [-0.39, 0.29) is 41.5 Å². The van der Waals surface area contributed by atoms with Crippen LogP contribution < -0.4 is 10.6 Å². The van der Waals surface area contributed by atoms with Crippen molar-refractivity contribution in [2.75, 3.05) is 18.1 Å². The number of halogens is 1. The van der Waals surface area contributed by atoms with Gasteiger partial charge in [0.25, 0.3) is 0 Å². The zero-order chi connectivity index (χ0) is 17.7. The molecule has 2 heterocycles. The van der Waals surface area contributed by atoms with Gasteiger partial charge in [-0.05, 0) is 19.3 Å². The van der Waals surface area contributed by atoms with Gasteiger partial charge in [0.1, 0.15) is 12.2 Å². The number of guanidine groups is 1. The van der Waals surface area contributed by atoms with Crippen molar-refractivity contribution in [3.05, 3.63) is 12.2 Å². The van der Waals surface area contributed by atoms with E-state index in [1.807, 2.05) is 4.57 Å². The van der Waals surface area contributed by atoms with Crippen molar-refractivity contribution in [2.24, 2.45) is 4.99 Å². The fourth-order valence-corrected chi connectivity index (χ4v) is 5.18. The summed E-state index contributed by atoms with van der Waals surface area (Å²) in [7, 11) is -2.90. The number of hydrogen-bond acceptors (Lipinski definition) is 5. The van der Waals surface area contributed by atoms with Gasteiger partial charge in [-0.15, -0.1) is 34.2 Å². The Kier molecular flexibility index (Phi) is 8.11. The Bertz CT molecular complexity index is 699. The van der Waals surface area contributed by atoms with Gasteiger partial charge in [-0.3, -0.25) is 4.99 Å². The average Bonchev–Trinajstić information content (AvgIpc) is 3.29. The second-order valence-electron chi connectivity index (χ2n) is 6.89. The summed E-state index contributed by atoms with van der Waals surface area (Å²) in [5, 5.41) is 14.8. The van der Waals surface area contributed by atoms with E-state index in [9.17, 15) is 8.42 Å². The molecule has 8 nitrogen and oxygen atoms in total. The molecule has 148 valence electrons. The lowest BCUT2D eigenvalue weighted by molar-refractivity contribution is 0.581. The van der Waals surface area contributed by atoms with E-state index in [1.165, 1.54) is 12.8 Å². The van der Waals surface area contributed by atoms with Gasteiger partial charge in [0, 0.05) is 25.0 Å². The maximum absolute atomic E-state index is 11.7. The summed E-state index contributed by atoms with van der Waals surface area (Å²) < 4.78 is 25.4. The Morgan fingerprint density at radius 2 is 2.00 bits per heavy atom. The van der Waals surface area contributed by atoms with Gasteiger partial charge in [0.05, 0.1) is 18.1 Å². The number of nitrogens with zero attached hydrogens (tertiary/aromatic N) is 4. The van der Waals surface area contributed by atoms with Crippen LogP contribution in [0.5, 0.6) is 0 Å². The molecule has 0 radical (unpaired) electrons. The molecule has 2 fully saturated rings. The minimum atomic E-state index is -2.90. The van der Waals surface area contributed by atoms with Gasteiger partial charge < -0.3 is 15.2 Å². The Hall–Kier alpha value is -0.910. The molecule has 1 aliphatic heterocycles. The number of aliphatic imine (C=N–C) groups is 1. The molecule has 10 heteroatoms. The van der Waals surface area contributed by atoms with Gasteiger partial charge >= 0.3 is 0 Å². The lowest BCUT2D eigenvalue weighted by Crippen LogP contribution is -2.47. The van der Waals surface area contributed by atoms with Crippen LogP contribution in [0.1, 0.15) is 44.9 Å². The molecule has 0 bridgehead atoms. The summed E-state index contributed by atoms with van der Waals surface area (Å²) in [6.07, 6.45) is 8.00. The van der Waals surface area contributed by atoms with Crippen LogP contribution in [0.25, 0.3) is 0 Å². The van der Waals surface area contributed by atoms with Gasteiger partial charge in [-0.1, -0.05) is 19.8 Å². The fraction of sp³-hybridized carbons (Fsp3) is 0.812. The van der Waals surface area contributed by atoms with Crippen LogP contribution in [-0.2, 0) is 22.8 Å². The van der Waals surface area contributed by atoms with Gasteiger partial charge in [-0.25, -0.2) is 8.42 Å². The quantitative estimate of drug-likeness (QED) is 0.348. The third kappa shape index (κ3) is 6.07. The van der Waals surface area contributed by atoms with Crippen molar-refractivity contribution < 1.29 is 8.42 Å². The third-order valence-electron chi connectivity index (χ3n) is 4.89. The normalized spacial score (nSPS) is 23.0. The molecule has 0 aromatic carbocycles. The zero-order valence-electron chi connectivity index (χ0n) is 15.2. The first-order valence-electron chi connectivity index (χ1n) is 9.20. The first-order chi connectivity index (χ1) is 12.1. The van der Waals surface area contributed by atoms with Crippen molar-refractivity contribution in [3.63, 3.8) is 0 Å². The number of hydrogen-bond donors (Lipinski definition) is 2. The topological polar surface area (TPSA) is 101 Å². The number of aryl methyl sites for hydroxylation is 1. The molecule has 3 rings (SSSR count). The SMILES string of the molecule is CCc1nncn1CCN=C(NC1CCCC1)NC1CCS(=O)(=O)C1.I. The molecule has 1 saturated heterocycles. The molecular formula is C16H29IN6O2S. The molecule has 1 unspecified atom stereocenters. The number of sulfone groups is 1. The molecule has 1 aromatic rings. The molecule has 0 amide bonds. The molecule has 1 aliphatic carbocycles. The lowest BCUT2D eigenvalue weighted by Gasteiger charge is -2.20. The fourth-order valence-electron chi connectivity index (χ4n) is 3.51. The molecule has 1 aromatic heterocycles. The molecule has 2 aliphatic rings. The van der Waals surface area contributed by atoms with Crippen molar-refractivity contribution >= 4 is 39.8 Å². The molecule has 0 spiro atoms. The smallest absolute Gasteiger partial charge is 0.191 e. The van der Waals surface area contributed by atoms with Gasteiger partial charge in [-0.2, -0.15) is 0 Å². The minimum absolute atomic E-state index is 0. The van der Waals surface area contributed by atoms with E-state index in [2.05, 4.69) is 32.7 Å². The highest BCUT2D eigenvalue weighted by Gasteiger charge is 2.29. The predicted octanol–water partition coefficient (Wildman–Crippen LogP) is 1.12. The van der Waals surface area contributed by atoms with E-state index in [1.54, 1.807) is 6.33 Å². The predicted molar refractivity (Wildman–Crippen MR) is 113 cm³/mol. The summed E-state index contributed by atoms with van der Waals surface area (Å²) >= 11 is 0. The van der Waals surface area contributed by atoms with Crippen LogP contribution in [0.3, 0.4) is 0 Å². The summed E-state index contributed by atoms with van der Waals surface area (Å²) in [6, 6.07) is 0.393. The monoisotopic (exact) mass is 496 g/mol. The number of nitrogens with one attached hydrogen (secondary N) is 2. The van der Waals surface area contributed by atoms with Crippen molar-refractivity contribution in [2.45, 2.75) is 64.1 Å². The second kappa shape index (κ2) is 9.86. The summed E-state index contributed by atoms with van der Waals surface area (Å²) in [4.78, 5) is 4.67. The van der Waals surface area contributed by atoms with E-state index in [0.717, 1.165) is 37.6 Å². The maximum Gasteiger partial charge on any atom is 0.191 e. The standard InChI is InChI=1S/C16H28N6O2S.HI/c1-2-15-21-18-12-22(15)9-8-17-16(19-13-5-3-4-6-13)20-14-7-10-25(23,24)11-14;/h12-14H,2-11H2,1H3,(H2,17,19,20);1H. The van der Waals surface area contributed by atoms with Crippen LogP contribution in [-0.4, -0.2) is 59.3 Å². The average molecular weight is 496 g/mol. The molecular weight excluding hydrogens is 467 g/mol. The van der Waals surface area contributed by atoms with Crippen molar-refractivity contribution in [1.82, 2.24) is 25.4 Å². The Labute approximate surface area is 172 Å². The first kappa shape index (κ1) is 21.4. The Balaban J connectivity index is 0.00000243. The minimum Gasteiger partial charge on any atom is -0.354 e. The summed E-state index contributed by atoms with van der Waals surface area (Å²) in [5.41, 5.74) is 0. The summed E-state index contributed by atoms with van der Waals surface area (Å²) in [5.74, 6) is 2.15. The van der Waals surface area contributed by atoms with Crippen molar-refractivity contribution in [1.29, 1.82) is 0 Å². The van der Waals surface area contributed by atoms with Crippen molar-refractivity contribution in [3.8, 4) is 0 Å². The highest BCUT2D eigenvalue weighted by Crippen LogP contribution is 2.18. The van der Waals surface area contributed by atoms with E-state index >= 15 is 0 Å². The van der Waals surface area contributed by atoms with Crippen LogP contribution in [0, 0.1) is 0 Å². The number of aromatic nitrogens is 3. The summed E-state index contributed by atoms with van der Waals surface area (Å²) in [6.45, 7) is 3.38. The highest BCUT2D eigenvalue weighted by atomic mass is 127. The van der Waals surface area contributed by atoms with E-state index < -0.39 is 9.84 Å². The Morgan fingerprint density at radius 3 is 2.65 bits per heavy atom.